The summed E-state index contributed by atoms with van der Waals surface area (Å²) in [5.74, 6) is 0.178. The summed E-state index contributed by atoms with van der Waals surface area (Å²) in [4.78, 5) is 15.9. The highest BCUT2D eigenvalue weighted by Gasteiger charge is 2.36. The van der Waals surface area contributed by atoms with Crippen molar-refractivity contribution in [2.45, 2.75) is 25.0 Å². The van der Waals surface area contributed by atoms with Crippen LogP contribution in [-0.2, 0) is 4.79 Å². The maximum absolute atomic E-state index is 12.1. The van der Waals surface area contributed by atoms with Crippen LogP contribution in [0.25, 0.3) is 0 Å². The monoisotopic (exact) mass is 228 g/mol. The van der Waals surface area contributed by atoms with E-state index in [1.807, 2.05) is 0 Å². The molecule has 5 heteroatoms. The van der Waals surface area contributed by atoms with Crippen LogP contribution in [0, 0.1) is 5.92 Å². The number of likely N-dealkylation sites (tertiary alicyclic amines) is 2. The van der Waals surface area contributed by atoms with Gasteiger partial charge in [-0.15, -0.1) is 0 Å². The van der Waals surface area contributed by atoms with Gasteiger partial charge in [-0.25, -0.2) is 0 Å². The molecule has 2 unspecified atom stereocenters. The van der Waals surface area contributed by atoms with E-state index in [1.165, 1.54) is 0 Å². The standard InChI is InChI=1S/C11H20N2O3/c1-12-4-2-8(3-5-12)11(16)13-6-9(14)10(15)7-13/h8-10,14-15H,2-7H2,1H3. The molecule has 0 aromatic carbocycles. The summed E-state index contributed by atoms with van der Waals surface area (Å²) in [6, 6.07) is 0. The molecule has 92 valence electrons. The van der Waals surface area contributed by atoms with Gasteiger partial charge in [0.1, 0.15) is 0 Å². The molecule has 2 saturated heterocycles. The Hall–Kier alpha value is -0.650. The first-order valence-corrected chi connectivity index (χ1v) is 5.91. The fraction of sp³-hybridized carbons (Fsp3) is 0.909. The quantitative estimate of drug-likeness (QED) is 0.597. The van der Waals surface area contributed by atoms with Crippen LogP contribution in [0.15, 0.2) is 0 Å². The van der Waals surface area contributed by atoms with E-state index in [2.05, 4.69) is 11.9 Å². The minimum absolute atomic E-state index is 0.0775. The number of carbonyl (C=O) groups excluding carboxylic acids is 1. The maximum atomic E-state index is 12.1. The number of hydrogen-bond donors (Lipinski definition) is 2. The zero-order valence-corrected chi connectivity index (χ0v) is 9.67. The Morgan fingerprint density at radius 3 is 2.12 bits per heavy atom. The van der Waals surface area contributed by atoms with E-state index >= 15 is 0 Å². The minimum atomic E-state index is -0.768. The Labute approximate surface area is 95.6 Å². The van der Waals surface area contributed by atoms with E-state index in [9.17, 15) is 15.0 Å². The highest BCUT2D eigenvalue weighted by Crippen LogP contribution is 2.21. The zero-order valence-electron chi connectivity index (χ0n) is 9.67. The molecular weight excluding hydrogens is 208 g/mol. The Kier molecular flexibility index (Phi) is 3.47. The van der Waals surface area contributed by atoms with Crippen LogP contribution < -0.4 is 0 Å². The highest BCUT2D eigenvalue weighted by atomic mass is 16.3. The van der Waals surface area contributed by atoms with Crippen LogP contribution in [0.5, 0.6) is 0 Å². The van der Waals surface area contributed by atoms with Crippen molar-refractivity contribution in [2.24, 2.45) is 5.92 Å². The normalized spacial score (nSPS) is 33.3. The topological polar surface area (TPSA) is 64.0 Å². The average molecular weight is 228 g/mol. The van der Waals surface area contributed by atoms with Crippen molar-refractivity contribution in [1.82, 2.24) is 9.80 Å². The summed E-state index contributed by atoms with van der Waals surface area (Å²) in [6.07, 6.45) is 0.237. The van der Waals surface area contributed by atoms with Crippen LogP contribution in [0.2, 0.25) is 0 Å². The van der Waals surface area contributed by atoms with Gasteiger partial charge in [-0.05, 0) is 33.0 Å². The predicted octanol–water partition coefficient (Wildman–Crippen LogP) is -1.11. The van der Waals surface area contributed by atoms with Crippen LogP contribution in [0.4, 0.5) is 0 Å². The van der Waals surface area contributed by atoms with Gasteiger partial charge in [-0.2, -0.15) is 0 Å². The third-order valence-corrected chi connectivity index (χ3v) is 3.64. The first-order chi connectivity index (χ1) is 7.58. The average Bonchev–Trinajstić information content (AvgIpc) is 2.59. The molecule has 0 radical (unpaired) electrons. The van der Waals surface area contributed by atoms with E-state index in [1.54, 1.807) is 4.90 Å². The van der Waals surface area contributed by atoms with Gasteiger partial charge in [0.15, 0.2) is 0 Å². The number of piperidine rings is 1. The van der Waals surface area contributed by atoms with Crippen molar-refractivity contribution in [3.8, 4) is 0 Å². The van der Waals surface area contributed by atoms with Gasteiger partial charge in [0.25, 0.3) is 0 Å². The van der Waals surface area contributed by atoms with E-state index < -0.39 is 12.2 Å². The lowest BCUT2D eigenvalue weighted by Gasteiger charge is -2.30. The maximum Gasteiger partial charge on any atom is 0.225 e. The third kappa shape index (κ3) is 2.36. The lowest BCUT2D eigenvalue weighted by molar-refractivity contribution is -0.136. The van der Waals surface area contributed by atoms with E-state index in [4.69, 9.17) is 0 Å². The molecule has 2 aliphatic heterocycles. The lowest BCUT2D eigenvalue weighted by Crippen LogP contribution is -2.41. The van der Waals surface area contributed by atoms with Crippen molar-refractivity contribution in [3.63, 3.8) is 0 Å². The number of β-amino-alcohol motifs (C(OH)–C–C–N with tert-alkyl or cyclic N) is 2. The molecule has 0 aliphatic carbocycles. The number of rotatable bonds is 1. The van der Waals surface area contributed by atoms with E-state index in [0.717, 1.165) is 25.9 Å². The number of aliphatic hydroxyl groups is 2. The summed E-state index contributed by atoms with van der Waals surface area (Å²) >= 11 is 0. The number of nitrogens with zero attached hydrogens (tertiary/aromatic N) is 2. The first-order valence-electron chi connectivity index (χ1n) is 5.91. The Morgan fingerprint density at radius 1 is 1.12 bits per heavy atom. The van der Waals surface area contributed by atoms with Crippen molar-refractivity contribution >= 4 is 5.91 Å². The van der Waals surface area contributed by atoms with E-state index in [0.29, 0.717) is 0 Å². The smallest absolute Gasteiger partial charge is 0.225 e. The molecule has 0 aromatic rings. The van der Waals surface area contributed by atoms with E-state index in [-0.39, 0.29) is 24.9 Å². The largest absolute Gasteiger partial charge is 0.388 e. The Bertz CT molecular complexity index is 254. The van der Waals surface area contributed by atoms with Crippen LogP contribution in [0.1, 0.15) is 12.8 Å². The Balaban J connectivity index is 1.88. The molecule has 0 saturated carbocycles. The van der Waals surface area contributed by atoms with Gasteiger partial charge in [-0.3, -0.25) is 4.79 Å². The molecule has 5 nitrogen and oxygen atoms in total. The lowest BCUT2D eigenvalue weighted by atomic mass is 9.96. The SMILES string of the molecule is CN1CCC(C(=O)N2CC(O)C(O)C2)CC1. The fourth-order valence-corrected chi connectivity index (χ4v) is 2.46. The second-order valence-corrected chi connectivity index (χ2v) is 4.96. The molecule has 2 N–H and O–H groups in total. The van der Waals surface area contributed by atoms with Gasteiger partial charge >= 0.3 is 0 Å². The van der Waals surface area contributed by atoms with Gasteiger partial charge in [0.2, 0.25) is 5.91 Å². The van der Waals surface area contributed by atoms with Crippen molar-refractivity contribution in [3.05, 3.63) is 0 Å². The molecule has 2 aliphatic rings. The second kappa shape index (κ2) is 4.69. The summed E-state index contributed by atoms with van der Waals surface area (Å²) < 4.78 is 0. The summed E-state index contributed by atoms with van der Waals surface area (Å²) in [7, 11) is 2.06. The molecule has 2 atom stereocenters. The molecule has 0 spiro atoms. The van der Waals surface area contributed by atoms with Gasteiger partial charge in [0, 0.05) is 19.0 Å². The van der Waals surface area contributed by atoms with Crippen molar-refractivity contribution < 1.29 is 15.0 Å². The molecular formula is C11H20N2O3. The molecule has 0 bridgehead atoms. The molecule has 2 rings (SSSR count). The zero-order chi connectivity index (χ0) is 11.7. The van der Waals surface area contributed by atoms with Crippen LogP contribution in [0.3, 0.4) is 0 Å². The Morgan fingerprint density at radius 2 is 1.62 bits per heavy atom. The highest BCUT2D eigenvalue weighted by molar-refractivity contribution is 5.79. The minimum Gasteiger partial charge on any atom is -0.388 e. The molecule has 16 heavy (non-hydrogen) atoms. The molecule has 0 aromatic heterocycles. The van der Waals surface area contributed by atoms with Crippen LogP contribution >= 0.6 is 0 Å². The number of carbonyl (C=O) groups is 1. The fourth-order valence-electron chi connectivity index (χ4n) is 2.46. The van der Waals surface area contributed by atoms with Crippen LogP contribution in [-0.4, -0.2) is 71.4 Å². The molecule has 1 amide bonds. The summed E-state index contributed by atoms with van der Waals surface area (Å²) in [5.41, 5.74) is 0. The predicted molar refractivity (Wildman–Crippen MR) is 58.8 cm³/mol. The summed E-state index contributed by atoms with van der Waals surface area (Å²) in [5, 5.41) is 18.8. The van der Waals surface area contributed by atoms with Gasteiger partial charge < -0.3 is 20.0 Å². The van der Waals surface area contributed by atoms with Crippen molar-refractivity contribution in [2.75, 3.05) is 33.2 Å². The third-order valence-electron chi connectivity index (χ3n) is 3.64. The van der Waals surface area contributed by atoms with Gasteiger partial charge in [-0.1, -0.05) is 0 Å². The van der Waals surface area contributed by atoms with Gasteiger partial charge in [0.05, 0.1) is 12.2 Å². The number of hydrogen-bond acceptors (Lipinski definition) is 4. The number of aliphatic hydroxyl groups excluding tert-OH is 2. The molecule has 2 fully saturated rings. The number of amides is 1. The summed E-state index contributed by atoms with van der Waals surface area (Å²) in [6.45, 7) is 2.48. The first kappa shape index (κ1) is 11.8. The second-order valence-electron chi connectivity index (χ2n) is 4.96. The van der Waals surface area contributed by atoms with Crippen molar-refractivity contribution in [1.29, 1.82) is 0 Å². The molecule has 2 heterocycles.